The summed E-state index contributed by atoms with van der Waals surface area (Å²) in [6, 6.07) is 1.86. The summed E-state index contributed by atoms with van der Waals surface area (Å²) in [5.41, 5.74) is 5.55. The smallest absolute Gasteiger partial charge is 0.241 e. The molecule has 0 bridgehead atoms. The number of anilines is 1. The van der Waals surface area contributed by atoms with Crippen LogP contribution in [0.5, 0.6) is 5.75 Å². The Morgan fingerprint density at radius 1 is 1.48 bits per heavy atom. The van der Waals surface area contributed by atoms with Gasteiger partial charge in [-0.05, 0) is 31.9 Å². The Morgan fingerprint density at radius 3 is 2.76 bits per heavy atom. The molecule has 1 fully saturated rings. The molecule has 1 aliphatic rings. The van der Waals surface area contributed by atoms with Crippen molar-refractivity contribution in [3.63, 3.8) is 0 Å². The first-order valence-electron chi connectivity index (χ1n) is 6.60. The Morgan fingerprint density at radius 2 is 2.19 bits per heavy atom. The normalized spacial score (nSPS) is 23.0. The summed E-state index contributed by atoms with van der Waals surface area (Å²) >= 11 is 0. The lowest BCUT2D eigenvalue weighted by Crippen LogP contribution is -2.41. The Labute approximate surface area is 123 Å². The molecule has 0 amide bonds. The molecular weight excluding hydrogens is 299 g/mol. The molecule has 2 atom stereocenters. The van der Waals surface area contributed by atoms with Gasteiger partial charge in [-0.3, -0.25) is 0 Å². The van der Waals surface area contributed by atoms with Gasteiger partial charge in [0.05, 0.1) is 23.8 Å². The summed E-state index contributed by atoms with van der Waals surface area (Å²) in [4.78, 5) is -0.211. The van der Waals surface area contributed by atoms with Gasteiger partial charge in [-0.2, -0.15) is 0 Å². The lowest BCUT2D eigenvalue weighted by Gasteiger charge is -2.27. The fraction of sp³-hybridized carbons (Fsp3) is 0.538. The van der Waals surface area contributed by atoms with Crippen LogP contribution in [0.25, 0.3) is 0 Å². The number of rotatable bonds is 4. The van der Waals surface area contributed by atoms with E-state index in [9.17, 15) is 12.8 Å². The first-order valence-corrected chi connectivity index (χ1v) is 8.08. The Hall–Kier alpha value is -1.38. The molecule has 118 valence electrons. The number of nitrogens with two attached hydrogens (primary N) is 1. The van der Waals surface area contributed by atoms with Crippen LogP contribution in [-0.2, 0) is 14.8 Å². The molecule has 1 aromatic rings. The minimum absolute atomic E-state index is 0.0101. The number of ether oxygens (including phenoxy) is 2. The van der Waals surface area contributed by atoms with Crippen molar-refractivity contribution in [2.75, 3.05) is 19.5 Å². The largest absolute Gasteiger partial charge is 0.492 e. The fourth-order valence-corrected chi connectivity index (χ4v) is 3.68. The van der Waals surface area contributed by atoms with Gasteiger partial charge in [0.2, 0.25) is 10.0 Å². The topological polar surface area (TPSA) is 90.7 Å². The number of nitrogen functional groups attached to an aromatic ring is 1. The van der Waals surface area contributed by atoms with E-state index in [1.54, 1.807) is 0 Å². The third kappa shape index (κ3) is 3.63. The Bertz CT molecular complexity index is 598. The van der Waals surface area contributed by atoms with Crippen molar-refractivity contribution in [2.24, 2.45) is 0 Å². The maximum atomic E-state index is 13.8. The van der Waals surface area contributed by atoms with Crippen LogP contribution in [0.15, 0.2) is 17.0 Å². The van der Waals surface area contributed by atoms with E-state index in [0.29, 0.717) is 19.4 Å². The summed E-state index contributed by atoms with van der Waals surface area (Å²) in [7, 11) is -2.57. The molecule has 8 heteroatoms. The Balaban J connectivity index is 2.23. The molecule has 0 aliphatic carbocycles. The maximum Gasteiger partial charge on any atom is 0.241 e. The molecule has 0 aromatic heterocycles. The summed E-state index contributed by atoms with van der Waals surface area (Å²) in [5.74, 6) is -0.966. The third-order valence-corrected chi connectivity index (χ3v) is 4.87. The van der Waals surface area contributed by atoms with Crippen molar-refractivity contribution >= 4 is 15.7 Å². The number of hydrogen-bond acceptors (Lipinski definition) is 5. The van der Waals surface area contributed by atoms with E-state index in [2.05, 4.69) is 4.72 Å². The zero-order valence-electron chi connectivity index (χ0n) is 11.9. The van der Waals surface area contributed by atoms with Crippen molar-refractivity contribution in [1.29, 1.82) is 0 Å². The van der Waals surface area contributed by atoms with Gasteiger partial charge in [-0.15, -0.1) is 0 Å². The van der Waals surface area contributed by atoms with Gasteiger partial charge in [0.1, 0.15) is 0 Å². The van der Waals surface area contributed by atoms with E-state index in [-0.39, 0.29) is 28.5 Å². The van der Waals surface area contributed by atoms with Gasteiger partial charge in [0, 0.05) is 12.6 Å². The van der Waals surface area contributed by atoms with E-state index in [1.165, 1.54) is 13.2 Å². The monoisotopic (exact) mass is 318 g/mol. The van der Waals surface area contributed by atoms with Gasteiger partial charge >= 0.3 is 0 Å². The molecule has 3 N–H and O–H groups in total. The fourth-order valence-electron chi connectivity index (χ4n) is 2.35. The number of sulfonamides is 1. The number of hydrogen-bond donors (Lipinski definition) is 2. The predicted octanol–water partition coefficient (Wildman–Crippen LogP) is 1.26. The van der Waals surface area contributed by atoms with Crippen LogP contribution in [0, 0.1) is 5.82 Å². The van der Waals surface area contributed by atoms with Crippen molar-refractivity contribution in [3.8, 4) is 5.75 Å². The van der Waals surface area contributed by atoms with Gasteiger partial charge in [0.15, 0.2) is 11.6 Å². The minimum Gasteiger partial charge on any atom is -0.492 e. The average molecular weight is 318 g/mol. The molecule has 1 aromatic carbocycles. The SMILES string of the molecule is COc1c(N)cc(S(=O)(=O)NC2CCOC(C)C2)cc1F. The maximum absolute atomic E-state index is 13.8. The molecule has 2 unspecified atom stereocenters. The molecule has 1 aliphatic heterocycles. The quantitative estimate of drug-likeness (QED) is 0.816. The van der Waals surface area contributed by atoms with Crippen LogP contribution in [0.3, 0.4) is 0 Å². The van der Waals surface area contributed by atoms with Crippen molar-refractivity contribution in [2.45, 2.75) is 36.8 Å². The highest BCUT2D eigenvalue weighted by atomic mass is 32.2. The predicted molar refractivity (Wildman–Crippen MR) is 76.1 cm³/mol. The van der Waals surface area contributed by atoms with Crippen LogP contribution in [-0.4, -0.2) is 34.3 Å². The van der Waals surface area contributed by atoms with Crippen molar-refractivity contribution < 1.29 is 22.3 Å². The number of methoxy groups -OCH3 is 1. The standard InChI is InChI=1S/C13H19FN2O4S/c1-8-5-9(3-4-20-8)16-21(17,18)10-6-11(14)13(19-2)12(15)7-10/h6-9,16H,3-5,15H2,1-2H3. The third-order valence-electron chi connectivity index (χ3n) is 3.37. The van der Waals surface area contributed by atoms with Crippen LogP contribution >= 0.6 is 0 Å². The molecule has 2 rings (SSSR count). The van der Waals surface area contributed by atoms with Gasteiger partial charge in [0.25, 0.3) is 0 Å². The summed E-state index contributed by atoms with van der Waals surface area (Å²) in [6.45, 7) is 2.37. The lowest BCUT2D eigenvalue weighted by atomic mass is 10.1. The van der Waals surface area contributed by atoms with Crippen molar-refractivity contribution in [3.05, 3.63) is 17.9 Å². The zero-order chi connectivity index (χ0) is 15.6. The lowest BCUT2D eigenvalue weighted by molar-refractivity contribution is 0.0173. The number of nitrogens with one attached hydrogen (secondary N) is 1. The van der Waals surface area contributed by atoms with E-state index < -0.39 is 15.8 Å². The highest BCUT2D eigenvalue weighted by molar-refractivity contribution is 7.89. The number of halogens is 1. The van der Waals surface area contributed by atoms with Crippen LogP contribution in [0.2, 0.25) is 0 Å². The van der Waals surface area contributed by atoms with E-state index in [0.717, 1.165) is 6.07 Å². The first-order chi connectivity index (χ1) is 9.83. The van der Waals surface area contributed by atoms with Crippen LogP contribution in [0.4, 0.5) is 10.1 Å². The number of benzene rings is 1. The van der Waals surface area contributed by atoms with Gasteiger partial charge < -0.3 is 15.2 Å². The minimum atomic E-state index is -3.83. The highest BCUT2D eigenvalue weighted by Crippen LogP contribution is 2.29. The van der Waals surface area contributed by atoms with Crippen LogP contribution in [0.1, 0.15) is 19.8 Å². The van der Waals surface area contributed by atoms with Gasteiger partial charge in [-0.1, -0.05) is 0 Å². The van der Waals surface area contributed by atoms with Crippen molar-refractivity contribution in [1.82, 2.24) is 4.72 Å². The molecule has 1 heterocycles. The second kappa shape index (κ2) is 6.17. The molecule has 6 nitrogen and oxygen atoms in total. The summed E-state index contributed by atoms with van der Waals surface area (Å²) in [6.07, 6.45) is 1.15. The summed E-state index contributed by atoms with van der Waals surface area (Å²) < 4.78 is 51.1. The molecule has 0 radical (unpaired) electrons. The molecular formula is C13H19FN2O4S. The van der Waals surface area contributed by atoms with Gasteiger partial charge in [-0.25, -0.2) is 17.5 Å². The molecule has 1 saturated heterocycles. The molecule has 0 spiro atoms. The second-order valence-electron chi connectivity index (χ2n) is 5.05. The Kier molecular flexibility index (Phi) is 4.70. The molecule has 21 heavy (non-hydrogen) atoms. The second-order valence-corrected chi connectivity index (χ2v) is 6.77. The first kappa shape index (κ1) is 16.0. The zero-order valence-corrected chi connectivity index (χ0v) is 12.7. The molecule has 0 saturated carbocycles. The average Bonchev–Trinajstić information content (AvgIpc) is 2.37. The van der Waals surface area contributed by atoms with E-state index >= 15 is 0 Å². The van der Waals surface area contributed by atoms with E-state index in [1.807, 2.05) is 6.92 Å². The van der Waals surface area contributed by atoms with E-state index in [4.69, 9.17) is 15.2 Å². The summed E-state index contributed by atoms with van der Waals surface area (Å²) in [5, 5.41) is 0. The highest BCUT2D eigenvalue weighted by Gasteiger charge is 2.26. The van der Waals surface area contributed by atoms with Crippen LogP contribution < -0.4 is 15.2 Å².